The third-order valence-corrected chi connectivity index (χ3v) is 5.18. The van der Waals surface area contributed by atoms with E-state index in [2.05, 4.69) is 38.3 Å². The first kappa shape index (κ1) is 26.7. The molecule has 0 aromatic carbocycles. The van der Waals surface area contributed by atoms with Gasteiger partial charge in [-0.25, -0.2) is 9.78 Å². The number of guanidine groups is 1. The molecule has 11 heteroatoms. The number of amides is 1. The van der Waals surface area contributed by atoms with Gasteiger partial charge in [-0.05, 0) is 27.7 Å². The number of nitrogens with one attached hydrogen (secondary N) is 1. The fourth-order valence-corrected chi connectivity index (χ4v) is 3.59. The molecule has 1 aliphatic rings. The van der Waals surface area contributed by atoms with E-state index in [0.717, 1.165) is 56.1 Å². The zero-order valence-electron chi connectivity index (χ0n) is 19.0. The average molecular weight is 554 g/mol. The number of anilines is 1. The molecular weight excluding hydrogens is 517 g/mol. The molecule has 2 heterocycles. The summed E-state index contributed by atoms with van der Waals surface area (Å²) in [5.74, 6) is 1.80. The quantitative estimate of drug-likeness (QED) is 0.330. The van der Waals surface area contributed by atoms with E-state index in [1.165, 1.54) is 11.5 Å². The Kier molecular flexibility index (Phi) is 11.1. The Labute approximate surface area is 201 Å². The average Bonchev–Trinajstić information content (AvgIpc) is 3.15. The number of ether oxygens (including phenoxy) is 1. The number of carbonyl (C=O) groups excluding carboxylic acids is 1. The van der Waals surface area contributed by atoms with Crippen molar-refractivity contribution in [2.45, 2.75) is 46.6 Å². The summed E-state index contributed by atoms with van der Waals surface area (Å²) in [4.78, 5) is 27.5. The second-order valence-electron chi connectivity index (χ2n) is 7.96. The maximum Gasteiger partial charge on any atom is 0.410 e. The lowest BCUT2D eigenvalue weighted by Gasteiger charge is -2.36. The van der Waals surface area contributed by atoms with E-state index in [0.29, 0.717) is 13.1 Å². The van der Waals surface area contributed by atoms with E-state index >= 15 is 0 Å². The number of likely N-dealkylation sites (N-methyl/N-ethyl adjacent to an activating group) is 1. The highest BCUT2D eigenvalue weighted by Gasteiger charge is 2.22. The summed E-state index contributed by atoms with van der Waals surface area (Å²) in [5, 5.41) is 4.36. The van der Waals surface area contributed by atoms with Crippen molar-refractivity contribution in [2.75, 3.05) is 57.8 Å². The van der Waals surface area contributed by atoms with E-state index in [-0.39, 0.29) is 30.1 Å². The zero-order chi connectivity index (χ0) is 21.4. The van der Waals surface area contributed by atoms with Gasteiger partial charge in [0, 0.05) is 64.3 Å². The number of aromatic nitrogens is 2. The van der Waals surface area contributed by atoms with Gasteiger partial charge in [0.15, 0.2) is 5.96 Å². The maximum atomic E-state index is 12.1. The predicted octanol–water partition coefficient (Wildman–Crippen LogP) is 2.67. The molecule has 0 bridgehead atoms. The highest BCUT2D eigenvalue weighted by atomic mass is 127. The van der Waals surface area contributed by atoms with Crippen LogP contribution in [0.25, 0.3) is 0 Å². The van der Waals surface area contributed by atoms with Crippen molar-refractivity contribution in [1.82, 2.24) is 24.5 Å². The van der Waals surface area contributed by atoms with Crippen LogP contribution in [0.15, 0.2) is 4.99 Å². The Morgan fingerprint density at radius 3 is 2.47 bits per heavy atom. The minimum absolute atomic E-state index is 0. The van der Waals surface area contributed by atoms with E-state index < -0.39 is 5.60 Å². The van der Waals surface area contributed by atoms with E-state index in [1.807, 2.05) is 20.8 Å². The van der Waals surface area contributed by atoms with Crippen molar-refractivity contribution in [3.63, 3.8) is 0 Å². The summed E-state index contributed by atoms with van der Waals surface area (Å²) in [6.07, 6.45) is 0.542. The van der Waals surface area contributed by atoms with Crippen molar-refractivity contribution < 1.29 is 9.53 Å². The maximum absolute atomic E-state index is 12.1. The van der Waals surface area contributed by atoms with Crippen LogP contribution in [0.4, 0.5) is 9.93 Å². The lowest BCUT2D eigenvalue weighted by atomic mass is 10.2. The molecule has 1 aliphatic heterocycles. The van der Waals surface area contributed by atoms with Crippen LogP contribution >= 0.6 is 35.5 Å². The Bertz CT molecular complexity index is 685. The van der Waals surface area contributed by atoms with Gasteiger partial charge in [-0.3, -0.25) is 4.99 Å². The number of hydrogen-bond acceptors (Lipinski definition) is 7. The Hall–Kier alpha value is -1.37. The normalized spacial score (nSPS) is 14.9. The van der Waals surface area contributed by atoms with Crippen LogP contribution in [0, 0.1) is 0 Å². The number of rotatable bonds is 6. The number of aryl methyl sites for hydroxylation is 1. The van der Waals surface area contributed by atoms with Crippen molar-refractivity contribution in [3.05, 3.63) is 5.82 Å². The standard InChI is InChI=1S/C19H35N7O2S.HI/c1-7-15-22-17(29-23-15)26-13-11-25(12-14-26)16(20-8-2)21-9-10-24(6)18(27)28-19(3,4)5;/h7-14H2,1-6H3,(H,20,21);1H. The fourth-order valence-electron chi connectivity index (χ4n) is 2.79. The molecule has 1 saturated heterocycles. The number of piperazine rings is 1. The Morgan fingerprint density at radius 1 is 1.27 bits per heavy atom. The molecule has 1 amide bonds. The molecule has 0 unspecified atom stereocenters. The lowest BCUT2D eigenvalue weighted by molar-refractivity contribution is 0.0304. The van der Waals surface area contributed by atoms with Gasteiger partial charge in [-0.15, -0.1) is 24.0 Å². The van der Waals surface area contributed by atoms with Gasteiger partial charge in [0.05, 0.1) is 6.54 Å². The van der Waals surface area contributed by atoms with Crippen LogP contribution < -0.4 is 10.2 Å². The van der Waals surface area contributed by atoms with Gasteiger partial charge in [0.1, 0.15) is 11.4 Å². The Balaban J connectivity index is 0.00000450. The second kappa shape index (κ2) is 12.5. The third kappa shape index (κ3) is 8.40. The first-order valence-electron chi connectivity index (χ1n) is 10.3. The summed E-state index contributed by atoms with van der Waals surface area (Å²) in [6, 6.07) is 0. The van der Waals surface area contributed by atoms with Crippen LogP contribution in [0.2, 0.25) is 0 Å². The lowest BCUT2D eigenvalue weighted by Crippen LogP contribution is -2.52. The molecule has 0 spiro atoms. The molecule has 2 rings (SSSR count). The second-order valence-corrected chi connectivity index (χ2v) is 8.69. The van der Waals surface area contributed by atoms with Crippen molar-refractivity contribution in [1.29, 1.82) is 0 Å². The van der Waals surface area contributed by atoms with Gasteiger partial charge in [-0.2, -0.15) is 4.37 Å². The molecule has 0 aliphatic carbocycles. The van der Waals surface area contributed by atoms with Gasteiger partial charge in [-0.1, -0.05) is 6.92 Å². The number of hydrogen-bond donors (Lipinski definition) is 1. The first-order chi connectivity index (χ1) is 13.7. The third-order valence-electron chi connectivity index (χ3n) is 4.36. The van der Waals surface area contributed by atoms with Crippen LogP contribution in [0.5, 0.6) is 0 Å². The number of aliphatic imine (C=N–C) groups is 1. The SMILES string of the molecule is CCNC(=NCCN(C)C(=O)OC(C)(C)C)N1CCN(c2nc(CC)ns2)CC1.I. The number of nitrogens with zero attached hydrogens (tertiary/aromatic N) is 6. The monoisotopic (exact) mass is 553 g/mol. The molecule has 1 aromatic heterocycles. The largest absolute Gasteiger partial charge is 0.444 e. The van der Waals surface area contributed by atoms with Crippen LogP contribution in [0.3, 0.4) is 0 Å². The molecule has 9 nitrogen and oxygen atoms in total. The molecular formula is C19H36IN7O2S. The highest BCUT2D eigenvalue weighted by molar-refractivity contribution is 14.0. The topological polar surface area (TPSA) is 86.2 Å². The molecule has 1 N–H and O–H groups in total. The van der Waals surface area contributed by atoms with E-state index in [9.17, 15) is 4.79 Å². The van der Waals surface area contributed by atoms with Crippen LogP contribution in [-0.2, 0) is 11.2 Å². The molecule has 0 radical (unpaired) electrons. The van der Waals surface area contributed by atoms with Gasteiger partial charge >= 0.3 is 6.09 Å². The van der Waals surface area contributed by atoms with E-state index in [1.54, 1.807) is 11.9 Å². The first-order valence-corrected chi connectivity index (χ1v) is 11.1. The van der Waals surface area contributed by atoms with Crippen molar-refractivity contribution in [3.8, 4) is 0 Å². The number of carbonyl (C=O) groups is 1. The van der Waals surface area contributed by atoms with Crippen molar-refractivity contribution >= 4 is 52.7 Å². The fraction of sp³-hybridized carbons (Fsp3) is 0.789. The molecule has 0 saturated carbocycles. The van der Waals surface area contributed by atoms with Gasteiger partial charge in [0.25, 0.3) is 0 Å². The molecule has 0 atom stereocenters. The molecule has 1 fully saturated rings. The summed E-state index contributed by atoms with van der Waals surface area (Å²) in [7, 11) is 1.74. The summed E-state index contributed by atoms with van der Waals surface area (Å²) in [6.45, 7) is 15.1. The van der Waals surface area contributed by atoms with Gasteiger partial charge < -0.3 is 24.8 Å². The van der Waals surface area contributed by atoms with E-state index in [4.69, 9.17) is 9.73 Å². The zero-order valence-corrected chi connectivity index (χ0v) is 22.1. The van der Waals surface area contributed by atoms with Crippen molar-refractivity contribution in [2.24, 2.45) is 4.99 Å². The van der Waals surface area contributed by atoms with Crippen LogP contribution in [0.1, 0.15) is 40.4 Å². The predicted molar refractivity (Wildman–Crippen MR) is 133 cm³/mol. The smallest absolute Gasteiger partial charge is 0.410 e. The van der Waals surface area contributed by atoms with Gasteiger partial charge in [0.2, 0.25) is 5.13 Å². The minimum atomic E-state index is -0.492. The summed E-state index contributed by atoms with van der Waals surface area (Å²) in [5.41, 5.74) is -0.492. The molecule has 1 aromatic rings. The number of halogens is 1. The highest BCUT2D eigenvalue weighted by Crippen LogP contribution is 2.19. The molecule has 30 heavy (non-hydrogen) atoms. The van der Waals surface area contributed by atoms with Crippen LogP contribution in [-0.4, -0.2) is 89.7 Å². The summed E-state index contributed by atoms with van der Waals surface area (Å²) >= 11 is 1.48. The Morgan fingerprint density at radius 2 is 1.93 bits per heavy atom. The summed E-state index contributed by atoms with van der Waals surface area (Å²) < 4.78 is 9.76. The minimum Gasteiger partial charge on any atom is -0.444 e. The molecule has 172 valence electrons.